The van der Waals surface area contributed by atoms with Crippen molar-refractivity contribution in [1.29, 1.82) is 0 Å². The van der Waals surface area contributed by atoms with Gasteiger partial charge in [0, 0.05) is 5.69 Å². The minimum atomic E-state index is -1.03. The first kappa shape index (κ1) is 18.2. The number of alkyl halides is 1. The van der Waals surface area contributed by atoms with Crippen molar-refractivity contribution in [3.8, 4) is 0 Å². The minimum Gasteiger partial charge on any atom is -0.477 e. The zero-order chi connectivity index (χ0) is 18.0. The van der Waals surface area contributed by atoms with Crippen molar-refractivity contribution in [2.24, 2.45) is 4.99 Å². The van der Waals surface area contributed by atoms with E-state index < -0.39 is 10.0 Å². The third-order valence-corrected chi connectivity index (χ3v) is 5.61. The molecule has 0 saturated carbocycles. The van der Waals surface area contributed by atoms with Gasteiger partial charge in [-0.3, -0.25) is 0 Å². The second kappa shape index (κ2) is 7.74. The summed E-state index contributed by atoms with van der Waals surface area (Å²) in [5.74, 6) is -1.03. The van der Waals surface area contributed by atoms with Crippen molar-refractivity contribution < 1.29 is 9.90 Å². The van der Waals surface area contributed by atoms with Crippen molar-refractivity contribution in [3.05, 3.63) is 53.1 Å². The third kappa shape index (κ3) is 3.67. The maximum Gasteiger partial charge on any atom is 0.353 e. The van der Waals surface area contributed by atoms with Crippen molar-refractivity contribution in [1.82, 2.24) is 0 Å². The molecule has 0 amide bonds. The van der Waals surface area contributed by atoms with E-state index in [1.165, 1.54) is 5.56 Å². The zero-order valence-electron chi connectivity index (χ0n) is 13.7. The van der Waals surface area contributed by atoms with E-state index in [2.05, 4.69) is 46.6 Å². The maximum absolute atomic E-state index is 11.6. The number of fused-ring (bicyclic) bond motifs is 1. The lowest BCUT2D eigenvalue weighted by Gasteiger charge is -2.34. The molecule has 6 heteroatoms. The van der Waals surface area contributed by atoms with Crippen LogP contribution in [0.5, 0.6) is 0 Å². The number of nitrogens with zero attached hydrogens (tertiary/aromatic N) is 2. The summed E-state index contributed by atoms with van der Waals surface area (Å²) in [4.78, 5) is 17.9. The second-order valence-electron chi connectivity index (χ2n) is 5.89. The van der Waals surface area contributed by atoms with Gasteiger partial charge in [0.1, 0.15) is 9.74 Å². The molecule has 1 aliphatic heterocycles. The highest BCUT2D eigenvalue weighted by Gasteiger charge is 2.33. The lowest BCUT2D eigenvalue weighted by Crippen LogP contribution is -2.39. The van der Waals surface area contributed by atoms with E-state index in [1.807, 2.05) is 29.2 Å². The van der Waals surface area contributed by atoms with Crippen LogP contribution in [0, 0.1) is 0 Å². The molecule has 0 aromatic heterocycles. The number of benzene rings is 2. The Morgan fingerprint density at radius 3 is 2.64 bits per heavy atom. The number of hydrogen-bond acceptors (Lipinski definition) is 3. The summed E-state index contributed by atoms with van der Waals surface area (Å²) in [6.45, 7) is 2.18. The number of aliphatic carboxylic acids is 1. The zero-order valence-corrected chi connectivity index (χ0v) is 16.7. The SMILES string of the molecule is CCCCc1ccc(N2c3cccc(Cl)c3N=C(C(=O)O)C2I)cc1. The number of carboxylic acids is 1. The number of anilines is 2. The van der Waals surface area contributed by atoms with E-state index in [1.54, 1.807) is 6.07 Å². The van der Waals surface area contributed by atoms with Crippen LogP contribution in [0.1, 0.15) is 25.3 Å². The summed E-state index contributed by atoms with van der Waals surface area (Å²) in [5.41, 5.74) is 3.61. The van der Waals surface area contributed by atoms with Gasteiger partial charge in [-0.1, -0.05) is 65.7 Å². The van der Waals surface area contributed by atoms with Crippen LogP contribution in [0.4, 0.5) is 17.1 Å². The normalized spacial score (nSPS) is 16.4. The van der Waals surface area contributed by atoms with Gasteiger partial charge in [-0.05, 0) is 42.7 Å². The smallest absolute Gasteiger partial charge is 0.353 e. The van der Waals surface area contributed by atoms with Crippen LogP contribution >= 0.6 is 34.2 Å². The van der Waals surface area contributed by atoms with Gasteiger partial charge in [0.15, 0.2) is 5.71 Å². The van der Waals surface area contributed by atoms with Gasteiger partial charge in [0.2, 0.25) is 0 Å². The molecule has 1 atom stereocenters. The van der Waals surface area contributed by atoms with Crippen molar-refractivity contribution in [2.75, 3.05) is 4.90 Å². The topological polar surface area (TPSA) is 52.9 Å². The molecule has 3 rings (SSSR count). The average Bonchev–Trinajstić information content (AvgIpc) is 2.60. The molecule has 2 aromatic rings. The summed E-state index contributed by atoms with van der Waals surface area (Å²) in [6.07, 6.45) is 3.37. The minimum absolute atomic E-state index is 0.0799. The predicted molar refractivity (Wildman–Crippen MR) is 111 cm³/mol. The van der Waals surface area contributed by atoms with Gasteiger partial charge < -0.3 is 10.0 Å². The first-order chi connectivity index (χ1) is 12.0. The summed E-state index contributed by atoms with van der Waals surface area (Å²) >= 11 is 8.38. The molecule has 0 saturated heterocycles. The Bertz CT molecular complexity index is 821. The number of hydrogen-bond donors (Lipinski definition) is 1. The average molecular weight is 469 g/mol. The highest BCUT2D eigenvalue weighted by Crippen LogP contribution is 2.45. The molecule has 1 heterocycles. The van der Waals surface area contributed by atoms with Crippen LogP contribution in [0.2, 0.25) is 5.02 Å². The molecule has 0 bridgehead atoms. The van der Waals surface area contributed by atoms with E-state index in [9.17, 15) is 9.90 Å². The number of halogens is 2. The van der Waals surface area contributed by atoms with Gasteiger partial charge >= 0.3 is 5.97 Å². The van der Waals surface area contributed by atoms with Crippen LogP contribution in [-0.4, -0.2) is 20.8 Å². The van der Waals surface area contributed by atoms with E-state index in [0.29, 0.717) is 10.7 Å². The number of para-hydroxylation sites is 1. The van der Waals surface area contributed by atoms with Crippen LogP contribution < -0.4 is 4.90 Å². The first-order valence-corrected chi connectivity index (χ1v) is 9.78. The number of unbranched alkanes of at least 4 members (excludes halogenated alkanes) is 1. The highest BCUT2D eigenvalue weighted by atomic mass is 127. The summed E-state index contributed by atoms with van der Waals surface area (Å²) in [5, 5.41) is 9.97. The Hall–Kier alpha value is -1.60. The quantitative estimate of drug-likeness (QED) is 0.345. The van der Waals surface area contributed by atoms with Crippen molar-refractivity contribution >= 4 is 62.9 Å². The first-order valence-electron chi connectivity index (χ1n) is 8.15. The summed E-state index contributed by atoms with van der Waals surface area (Å²) in [7, 11) is 0. The van der Waals surface area contributed by atoms with Crippen molar-refractivity contribution in [3.63, 3.8) is 0 Å². The standard InChI is InChI=1S/C19H18ClIN2O2/c1-2-3-5-12-8-10-13(11-9-12)23-15-7-4-6-14(20)16(15)22-17(18(23)21)19(24)25/h4,6-11,18H,2-3,5H2,1H3,(H,24,25). The van der Waals surface area contributed by atoms with Crippen LogP contribution in [0.25, 0.3) is 0 Å². The van der Waals surface area contributed by atoms with Gasteiger partial charge in [-0.15, -0.1) is 0 Å². The van der Waals surface area contributed by atoms with E-state index >= 15 is 0 Å². The lowest BCUT2D eigenvalue weighted by molar-refractivity contribution is -0.129. The molecule has 1 N–H and O–H groups in total. The van der Waals surface area contributed by atoms with E-state index in [-0.39, 0.29) is 5.71 Å². The number of aliphatic imine (C=N–C) groups is 1. The van der Waals surface area contributed by atoms with Gasteiger partial charge in [0.05, 0.1) is 10.7 Å². The molecular formula is C19H18ClIN2O2. The lowest BCUT2D eigenvalue weighted by atomic mass is 10.1. The second-order valence-corrected chi connectivity index (χ2v) is 7.47. The number of carbonyl (C=O) groups is 1. The van der Waals surface area contributed by atoms with E-state index in [4.69, 9.17) is 11.6 Å². The predicted octanol–water partition coefficient (Wildman–Crippen LogP) is 5.75. The molecule has 0 spiro atoms. The number of rotatable bonds is 5. The van der Waals surface area contributed by atoms with Crippen molar-refractivity contribution in [2.45, 2.75) is 30.2 Å². The fourth-order valence-corrected chi connectivity index (χ4v) is 4.09. The van der Waals surface area contributed by atoms with Crippen LogP contribution in [-0.2, 0) is 11.2 Å². The summed E-state index contributed by atoms with van der Waals surface area (Å²) < 4.78 is -0.414. The molecular weight excluding hydrogens is 451 g/mol. The van der Waals surface area contributed by atoms with Gasteiger partial charge in [-0.25, -0.2) is 9.79 Å². The molecule has 4 nitrogen and oxygen atoms in total. The Balaban J connectivity index is 2.04. The third-order valence-electron chi connectivity index (χ3n) is 4.16. The molecule has 1 unspecified atom stereocenters. The highest BCUT2D eigenvalue weighted by molar-refractivity contribution is 14.1. The number of aryl methyl sites for hydroxylation is 1. The van der Waals surface area contributed by atoms with Crippen LogP contribution in [0.3, 0.4) is 0 Å². The van der Waals surface area contributed by atoms with E-state index in [0.717, 1.165) is 30.6 Å². The molecule has 0 radical (unpaired) electrons. The van der Waals surface area contributed by atoms with Gasteiger partial charge in [-0.2, -0.15) is 0 Å². The summed E-state index contributed by atoms with van der Waals surface area (Å²) in [6, 6.07) is 13.8. The fourth-order valence-electron chi connectivity index (χ4n) is 2.85. The largest absolute Gasteiger partial charge is 0.477 e. The van der Waals surface area contributed by atoms with Gasteiger partial charge in [0.25, 0.3) is 0 Å². The molecule has 130 valence electrons. The molecule has 2 aromatic carbocycles. The molecule has 25 heavy (non-hydrogen) atoms. The van der Waals surface area contributed by atoms with Crippen LogP contribution in [0.15, 0.2) is 47.5 Å². The fraction of sp³-hybridized carbons (Fsp3) is 0.263. The maximum atomic E-state index is 11.6. The Kier molecular flexibility index (Phi) is 5.64. The molecule has 0 aliphatic carbocycles. The molecule has 0 fully saturated rings. The molecule has 1 aliphatic rings. The number of carboxylic acid groups (broad SMARTS) is 1. The Morgan fingerprint density at radius 1 is 1.28 bits per heavy atom. The monoisotopic (exact) mass is 468 g/mol. The Labute approximate surface area is 165 Å². The Morgan fingerprint density at radius 2 is 2.00 bits per heavy atom.